The predicted molar refractivity (Wildman–Crippen MR) is 72.0 cm³/mol. The Kier molecular flexibility index (Phi) is 4.55. The number of nitrogens with one attached hydrogen (secondary N) is 1. The Labute approximate surface area is 105 Å². The van der Waals surface area contributed by atoms with Crippen molar-refractivity contribution >= 4 is 0 Å². The molecule has 1 aromatic heterocycles. The third-order valence-corrected chi connectivity index (χ3v) is 3.93. The van der Waals surface area contributed by atoms with Crippen LogP contribution in [0.15, 0.2) is 18.5 Å². The van der Waals surface area contributed by atoms with Crippen molar-refractivity contribution in [2.75, 3.05) is 6.54 Å². The topological polar surface area (TPSA) is 24.9 Å². The number of aromatic nitrogens is 1. The van der Waals surface area contributed by atoms with Crippen molar-refractivity contribution in [3.8, 4) is 0 Å². The predicted octanol–water partition coefficient (Wildman–Crippen LogP) is 3.62. The maximum atomic E-state index is 4.19. The van der Waals surface area contributed by atoms with Crippen LogP contribution in [0.2, 0.25) is 0 Å². The van der Waals surface area contributed by atoms with Crippen molar-refractivity contribution in [1.29, 1.82) is 0 Å². The van der Waals surface area contributed by atoms with Crippen LogP contribution in [0.25, 0.3) is 0 Å². The van der Waals surface area contributed by atoms with Crippen LogP contribution < -0.4 is 5.32 Å². The first-order chi connectivity index (χ1) is 8.31. The summed E-state index contributed by atoms with van der Waals surface area (Å²) < 4.78 is 0. The van der Waals surface area contributed by atoms with E-state index in [1.54, 1.807) is 0 Å². The van der Waals surface area contributed by atoms with Gasteiger partial charge < -0.3 is 5.32 Å². The summed E-state index contributed by atoms with van der Waals surface area (Å²) in [6, 6.07) is 2.70. The summed E-state index contributed by atoms with van der Waals surface area (Å²) in [6.07, 6.45) is 10.9. The zero-order valence-corrected chi connectivity index (χ0v) is 11.1. The fraction of sp³-hybridized carbons (Fsp3) is 0.667. The summed E-state index contributed by atoms with van der Waals surface area (Å²) in [6.45, 7) is 5.40. The van der Waals surface area contributed by atoms with Crippen molar-refractivity contribution in [3.63, 3.8) is 0 Å². The van der Waals surface area contributed by atoms with Crippen molar-refractivity contribution in [2.45, 2.75) is 52.0 Å². The molecule has 2 nitrogen and oxygen atoms in total. The average molecular weight is 232 g/mol. The molecule has 0 radical (unpaired) electrons. The molecule has 0 amide bonds. The van der Waals surface area contributed by atoms with Crippen molar-refractivity contribution < 1.29 is 0 Å². The van der Waals surface area contributed by atoms with Gasteiger partial charge >= 0.3 is 0 Å². The molecule has 0 aromatic carbocycles. The fourth-order valence-corrected chi connectivity index (χ4v) is 3.02. The molecule has 0 aliphatic heterocycles. The summed E-state index contributed by atoms with van der Waals surface area (Å²) >= 11 is 0. The molecule has 17 heavy (non-hydrogen) atoms. The Hall–Kier alpha value is -0.890. The second-order valence-corrected chi connectivity index (χ2v) is 5.23. The average Bonchev–Trinajstić information content (AvgIpc) is 2.82. The van der Waals surface area contributed by atoms with Crippen molar-refractivity contribution in [1.82, 2.24) is 10.3 Å². The number of pyridine rings is 1. The molecule has 1 saturated carbocycles. The number of hydrogen-bond acceptors (Lipinski definition) is 2. The molecule has 1 heterocycles. The minimum absolute atomic E-state index is 0.520. The van der Waals surface area contributed by atoms with Crippen LogP contribution in [0.3, 0.4) is 0 Å². The number of aryl methyl sites for hydroxylation is 1. The van der Waals surface area contributed by atoms with Gasteiger partial charge in [-0.1, -0.05) is 32.6 Å². The molecular formula is C15H24N2. The lowest BCUT2D eigenvalue weighted by Crippen LogP contribution is -2.23. The SMILES string of the molecule is CCNC(CC1CCCC1)c1ccncc1C. The molecule has 94 valence electrons. The highest BCUT2D eigenvalue weighted by Crippen LogP contribution is 2.33. The van der Waals surface area contributed by atoms with Crippen molar-refractivity contribution in [2.24, 2.45) is 5.92 Å². The first-order valence-electron chi connectivity index (χ1n) is 6.95. The van der Waals surface area contributed by atoms with E-state index in [9.17, 15) is 0 Å². The Morgan fingerprint density at radius 1 is 1.41 bits per heavy atom. The summed E-state index contributed by atoms with van der Waals surface area (Å²) in [4.78, 5) is 4.19. The van der Waals surface area contributed by atoms with E-state index in [0.29, 0.717) is 6.04 Å². The largest absolute Gasteiger partial charge is 0.310 e. The summed E-state index contributed by atoms with van der Waals surface area (Å²) in [5.74, 6) is 0.923. The van der Waals surface area contributed by atoms with E-state index in [1.165, 1.54) is 43.2 Å². The quantitative estimate of drug-likeness (QED) is 0.838. The summed E-state index contributed by atoms with van der Waals surface area (Å²) in [7, 11) is 0. The van der Waals surface area contributed by atoms with Gasteiger partial charge in [-0.05, 0) is 43.0 Å². The first kappa shape index (κ1) is 12.6. The molecule has 0 bridgehead atoms. The van der Waals surface area contributed by atoms with Crippen LogP contribution in [0, 0.1) is 12.8 Å². The number of nitrogens with zero attached hydrogens (tertiary/aromatic N) is 1. The van der Waals surface area contributed by atoms with Gasteiger partial charge in [0.05, 0.1) is 0 Å². The molecule has 1 N–H and O–H groups in total. The zero-order chi connectivity index (χ0) is 12.1. The second kappa shape index (κ2) is 6.15. The Morgan fingerprint density at radius 2 is 2.18 bits per heavy atom. The number of hydrogen-bond donors (Lipinski definition) is 1. The van der Waals surface area contributed by atoms with Gasteiger partial charge in [0.15, 0.2) is 0 Å². The van der Waals surface area contributed by atoms with Gasteiger partial charge in [0, 0.05) is 18.4 Å². The third-order valence-electron chi connectivity index (χ3n) is 3.93. The van der Waals surface area contributed by atoms with Gasteiger partial charge in [0.1, 0.15) is 0 Å². The summed E-state index contributed by atoms with van der Waals surface area (Å²) in [5, 5.41) is 3.64. The van der Waals surface area contributed by atoms with E-state index in [4.69, 9.17) is 0 Å². The van der Waals surface area contributed by atoms with Gasteiger partial charge in [0.25, 0.3) is 0 Å². The van der Waals surface area contributed by atoms with Gasteiger partial charge in [0.2, 0.25) is 0 Å². The summed E-state index contributed by atoms with van der Waals surface area (Å²) in [5.41, 5.74) is 2.75. The molecule has 2 rings (SSSR count). The van der Waals surface area contributed by atoms with Gasteiger partial charge in [-0.3, -0.25) is 4.98 Å². The molecule has 1 aliphatic rings. The molecule has 1 fully saturated rings. The standard InChI is InChI=1S/C15H24N2/c1-3-17-15(10-13-6-4-5-7-13)14-8-9-16-11-12(14)2/h8-9,11,13,15,17H,3-7,10H2,1-2H3. The van der Waals surface area contributed by atoms with E-state index in [2.05, 4.69) is 30.2 Å². The van der Waals surface area contributed by atoms with Crippen LogP contribution in [0.5, 0.6) is 0 Å². The lowest BCUT2D eigenvalue weighted by atomic mass is 9.92. The highest BCUT2D eigenvalue weighted by molar-refractivity contribution is 5.25. The Morgan fingerprint density at radius 3 is 2.82 bits per heavy atom. The van der Waals surface area contributed by atoms with Crippen LogP contribution in [-0.4, -0.2) is 11.5 Å². The van der Waals surface area contributed by atoms with Crippen LogP contribution in [-0.2, 0) is 0 Å². The van der Waals surface area contributed by atoms with E-state index in [0.717, 1.165) is 12.5 Å². The van der Waals surface area contributed by atoms with Crippen LogP contribution >= 0.6 is 0 Å². The normalized spacial score (nSPS) is 18.5. The molecule has 1 unspecified atom stereocenters. The molecule has 1 atom stereocenters. The van der Waals surface area contributed by atoms with E-state index in [-0.39, 0.29) is 0 Å². The molecule has 0 saturated heterocycles. The lowest BCUT2D eigenvalue weighted by molar-refractivity contribution is 0.399. The monoisotopic (exact) mass is 232 g/mol. The zero-order valence-electron chi connectivity index (χ0n) is 11.1. The molecule has 0 spiro atoms. The van der Waals surface area contributed by atoms with Gasteiger partial charge in [-0.2, -0.15) is 0 Å². The first-order valence-corrected chi connectivity index (χ1v) is 6.95. The molecule has 2 heteroatoms. The van der Waals surface area contributed by atoms with E-state index in [1.807, 2.05) is 12.4 Å². The maximum absolute atomic E-state index is 4.19. The molecular weight excluding hydrogens is 208 g/mol. The van der Waals surface area contributed by atoms with Crippen LogP contribution in [0.1, 0.15) is 56.2 Å². The molecule has 1 aliphatic carbocycles. The highest BCUT2D eigenvalue weighted by atomic mass is 14.9. The minimum Gasteiger partial charge on any atom is -0.310 e. The Balaban J connectivity index is 2.08. The molecule has 1 aromatic rings. The lowest BCUT2D eigenvalue weighted by Gasteiger charge is -2.23. The third kappa shape index (κ3) is 3.29. The fourth-order valence-electron chi connectivity index (χ4n) is 3.02. The maximum Gasteiger partial charge on any atom is 0.0326 e. The smallest absolute Gasteiger partial charge is 0.0326 e. The van der Waals surface area contributed by atoms with E-state index >= 15 is 0 Å². The van der Waals surface area contributed by atoms with Crippen molar-refractivity contribution in [3.05, 3.63) is 29.6 Å². The van der Waals surface area contributed by atoms with Crippen LogP contribution in [0.4, 0.5) is 0 Å². The van der Waals surface area contributed by atoms with Gasteiger partial charge in [-0.25, -0.2) is 0 Å². The Bertz CT molecular complexity index is 343. The highest BCUT2D eigenvalue weighted by Gasteiger charge is 2.21. The van der Waals surface area contributed by atoms with E-state index < -0.39 is 0 Å². The minimum atomic E-state index is 0.520. The number of rotatable bonds is 5. The second-order valence-electron chi connectivity index (χ2n) is 5.23. The van der Waals surface area contributed by atoms with Gasteiger partial charge in [-0.15, -0.1) is 0 Å².